The van der Waals surface area contributed by atoms with Crippen molar-refractivity contribution in [2.24, 2.45) is 5.92 Å². The van der Waals surface area contributed by atoms with Crippen LogP contribution in [0.25, 0.3) is 0 Å². The number of carbonyl (C=O) groups is 1. The summed E-state index contributed by atoms with van der Waals surface area (Å²) >= 11 is 6.03. The topological polar surface area (TPSA) is 50.8 Å². The fourth-order valence-corrected chi connectivity index (χ4v) is 4.12. The number of rotatable bonds is 8. The van der Waals surface area contributed by atoms with E-state index in [2.05, 4.69) is 36.2 Å². The molecule has 1 aliphatic rings. The summed E-state index contributed by atoms with van der Waals surface area (Å²) in [7, 11) is 1.66. The van der Waals surface area contributed by atoms with Gasteiger partial charge in [-0.25, -0.2) is 0 Å². The van der Waals surface area contributed by atoms with Crippen LogP contribution in [0.2, 0.25) is 5.02 Å². The second-order valence-electron chi connectivity index (χ2n) is 7.96. The van der Waals surface area contributed by atoms with Crippen LogP contribution in [-0.2, 0) is 9.53 Å². The molecule has 2 aromatic carbocycles. The molecule has 1 saturated heterocycles. The van der Waals surface area contributed by atoms with Crippen LogP contribution < -0.4 is 10.1 Å². The van der Waals surface area contributed by atoms with Crippen LogP contribution in [-0.4, -0.2) is 50.8 Å². The fraction of sp³-hybridized carbons (Fsp3) is 0.458. The van der Waals surface area contributed by atoms with Gasteiger partial charge in [-0.2, -0.15) is 0 Å². The van der Waals surface area contributed by atoms with Crippen molar-refractivity contribution in [3.63, 3.8) is 0 Å². The number of benzene rings is 2. The molecule has 0 aromatic heterocycles. The van der Waals surface area contributed by atoms with E-state index in [1.165, 1.54) is 0 Å². The van der Waals surface area contributed by atoms with Crippen molar-refractivity contribution >= 4 is 17.5 Å². The van der Waals surface area contributed by atoms with Crippen LogP contribution in [0.15, 0.2) is 48.5 Å². The largest absolute Gasteiger partial charge is 0.497 e. The molecule has 30 heavy (non-hydrogen) atoms. The number of ether oxygens (including phenoxy) is 2. The monoisotopic (exact) mass is 430 g/mol. The van der Waals surface area contributed by atoms with E-state index in [-0.39, 0.29) is 23.8 Å². The number of halogens is 1. The summed E-state index contributed by atoms with van der Waals surface area (Å²) in [6.07, 6.45) is 0. The highest BCUT2D eigenvalue weighted by Gasteiger charge is 2.27. The van der Waals surface area contributed by atoms with Gasteiger partial charge in [-0.3, -0.25) is 9.69 Å². The third-order valence-corrected chi connectivity index (χ3v) is 5.89. The Morgan fingerprint density at radius 1 is 1.07 bits per heavy atom. The number of methoxy groups -OCH3 is 1. The zero-order chi connectivity index (χ0) is 21.5. The molecule has 1 heterocycles. The molecule has 1 amide bonds. The van der Waals surface area contributed by atoms with E-state index < -0.39 is 0 Å². The predicted octanol–water partition coefficient (Wildman–Crippen LogP) is 4.28. The van der Waals surface area contributed by atoms with E-state index in [4.69, 9.17) is 21.1 Å². The molecule has 6 heteroatoms. The van der Waals surface area contributed by atoms with Gasteiger partial charge in [0.15, 0.2) is 0 Å². The van der Waals surface area contributed by atoms with E-state index >= 15 is 0 Å². The van der Waals surface area contributed by atoms with Crippen molar-refractivity contribution in [3.8, 4) is 5.75 Å². The molecule has 0 saturated carbocycles. The normalized spacial score (nSPS) is 16.8. The molecule has 2 aromatic rings. The van der Waals surface area contributed by atoms with Crippen molar-refractivity contribution in [2.75, 3.05) is 40.0 Å². The van der Waals surface area contributed by atoms with Crippen LogP contribution in [0.4, 0.5) is 0 Å². The molecule has 5 nitrogen and oxygen atoms in total. The van der Waals surface area contributed by atoms with Gasteiger partial charge in [-0.15, -0.1) is 0 Å². The molecule has 0 radical (unpaired) electrons. The summed E-state index contributed by atoms with van der Waals surface area (Å²) < 4.78 is 10.8. The van der Waals surface area contributed by atoms with Crippen LogP contribution in [0.3, 0.4) is 0 Å². The maximum absolute atomic E-state index is 13.2. The lowest BCUT2D eigenvalue weighted by Crippen LogP contribution is -2.44. The molecule has 1 N–H and O–H groups in total. The van der Waals surface area contributed by atoms with Crippen LogP contribution in [0, 0.1) is 5.92 Å². The Hall–Kier alpha value is -2.08. The first-order valence-corrected chi connectivity index (χ1v) is 10.9. The Balaban J connectivity index is 1.75. The maximum Gasteiger partial charge on any atom is 0.227 e. The molecular weight excluding hydrogens is 400 g/mol. The highest BCUT2D eigenvalue weighted by molar-refractivity contribution is 6.30. The van der Waals surface area contributed by atoms with Gasteiger partial charge in [0, 0.05) is 24.7 Å². The number of amides is 1. The molecule has 1 aliphatic heterocycles. The number of hydrogen-bond donors (Lipinski definition) is 1. The zero-order valence-corrected chi connectivity index (χ0v) is 18.7. The summed E-state index contributed by atoms with van der Waals surface area (Å²) in [5.74, 6) is 0.822. The first-order valence-electron chi connectivity index (χ1n) is 10.5. The van der Waals surface area contributed by atoms with Crippen LogP contribution in [0.1, 0.15) is 36.9 Å². The van der Waals surface area contributed by atoms with Gasteiger partial charge in [-0.1, -0.05) is 49.7 Å². The molecule has 1 fully saturated rings. The lowest BCUT2D eigenvalue weighted by molar-refractivity contribution is -0.123. The third-order valence-electron chi connectivity index (χ3n) is 5.63. The molecule has 3 rings (SSSR count). The zero-order valence-electron chi connectivity index (χ0n) is 17.9. The number of morpholine rings is 1. The van der Waals surface area contributed by atoms with Crippen LogP contribution in [0.5, 0.6) is 5.75 Å². The summed E-state index contributed by atoms with van der Waals surface area (Å²) in [5, 5.41) is 3.89. The van der Waals surface area contributed by atoms with E-state index in [0.717, 1.165) is 30.0 Å². The van der Waals surface area contributed by atoms with Gasteiger partial charge < -0.3 is 14.8 Å². The van der Waals surface area contributed by atoms with Crippen molar-refractivity contribution in [3.05, 3.63) is 64.7 Å². The van der Waals surface area contributed by atoms with E-state index in [9.17, 15) is 4.79 Å². The van der Waals surface area contributed by atoms with Gasteiger partial charge in [0.2, 0.25) is 5.91 Å². The van der Waals surface area contributed by atoms with Crippen molar-refractivity contribution < 1.29 is 14.3 Å². The Kier molecular flexibility index (Phi) is 8.14. The lowest BCUT2D eigenvalue weighted by Gasteiger charge is -2.35. The standard InChI is InChI=1S/C24H31ClN2O3/c1-17(2)23(19-4-8-20(25)9-5-19)24(28)26-16-22(27-12-14-30-15-13-27)18-6-10-21(29-3)11-7-18/h4-11,17,22-23H,12-16H2,1-3H3,(H,26,28). The molecule has 0 aliphatic carbocycles. The predicted molar refractivity (Wildman–Crippen MR) is 120 cm³/mol. The smallest absolute Gasteiger partial charge is 0.227 e. The summed E-state index contributed by atoms with van der Waals surface area (Å²) in [6, 6.07) is 15.7. The van der Waals surface area contributed by atoms with Gasteiger partial charge in [0.05, 0.1) is 32.3 Å². The number of hydrogen-bond acceptors (Lipinski definition) is 4. The summed E-state index contributed by atoms with van der Waals surface area (Å²) in [4.78, 5) is 15.6. The van der Waals surface area contributed by atoms with Gasteiger partial charge >= 0.3 is 0 Å². The summed E-state index contributed by atoms with van der Waals surface area (Å²) in [5.41, 5.74) is 2.14. The average Bonchev–Trinajstić information content (AvgIpc) is 2.76. The van der Waals surface area contributed by atoms with Crippen molar-refractivity contribution in [1.82, 2.24) is 10.2 Å². The minimum absolute atomic E-state index is 0.0408. The van der Waals surface area contributed by atoms with E-state index in [0.29, 0.717) is 24.8 Å². The Labute approximate surface area is 184 Å². The molecule has 162 valence electrons. The first kappa shape index (κ1) is 22.6. The molecule has 2 unspecified atom stereocenters. The van der Waals surface area contributed by atoms with E-state index in [1.54, 1.807) is 7.11 Å². The summed E-state index contributed by atoms with van der Waals surface area (Å²) in [6.45, 7) is 7.79. The lowest BCUT2D eigenvalue weighted by atomic mass is 9.87. The third kappa shape index (κ3) is 5.75. The maximum atomic E-state index is 13.2. The highest BCUT2D eigenvalue weighted by Crippen LogP contribution is 2.27. The Morgan fingerprint density at radius 3 is 2.23 bits per heavy atom. The molecule has 0 bridgehead atoms. The minimum Gasteiger partial charge on any atom is -0.497 e. The van der Waals surface area contributed by atoms with Crippen LogP contribution >= 0.6 is 11.6 Å². The first-order chi connectivity index (χ1) is 14.5. The molecular formula is C24H31ClN2O3. The minimum atomic E-state index is -0.219. The van der Waals surface area contributed by atoms with Gasteiger partial charge in [-0.05, 0) is 41.3 Å². The molecule has 0 spiro atoms. The quantitative estimate of drug-likeness (QED) is 0.679. The molecule has 2 atom stereocenters. The highest BCUT2D eigenvalue weighted by atomic mass is 35.5. The van der Waals surface area contributed by atoms with E-state index in [1.807, 2.05) is 36.4 Å². The van der Waals surface area contributed by atoms with Crippen molar-refractivity contribution in [1.29, 1.82) is 0 Å². The fourth-order valence-electron chi connectivity index (χ4n) is 3.99. The van der Waals surface area contributed by atoms with Crippen molar-refractivity contribution in [2.45, 2.75) is 25.8 Å². The average molecular weight is 431 g/mol. The number of nitrogens with one attached hydrogen (secondary N) is 1. The second-order valence-corrected chi connectivity index (χ2v) is 8.39. The SMILES string of the molecule is COc1ccc(C(CNC(=O)C(c2ccc(Cl)cc2)C(C)C)N2CCOCC2)cc1. The Morgan fingerprint density at radius 2 is 1.67 bits per heavy atom. The Bertz CT molecular complexity index is 802. The second kappa shape index (κ2) is 10.8. The van der Waals surface area contributed by atoms with Gasteiger partial charge in [0.1, 0.15) is 5.75 Å². The number of nitrogens with zero attached hydrogens (tertiary/aromatic N) is 1. The number of carbonyl (C=O) groups excluding carboxylic acids is 1. The van der Waals surface area contributed by atoms with Gasteiger partial charge in [0.25, 0.3) is 0 Å².